The molecule has 0 radical (unpaired) electrons. The second-order valence-electron chi connectivity index (χ2n) is 4.51. The van der Waals surface area contributed by atoms with Gasteiger partial charge in [-0.3, -0.25) is 4.79 Å². The largest absolute Gasteiger partial charge is 0.299 e. The highest BCUT2D eigenvalue weighted by atomic mass is 16.1. The van der Waals surface area contributed by atoms with Crippen LogP contribution in [-0.2, 0) is 4.79 Å². The molecule has 3 unspecified atom stereocenters. The molecule has 1 nitrogen and oxygen atoms in total. The number of ketones is 1. The molecule has 0 saturated heterocycles. The summed E-state index contributed by atoms with van der Waals surface area (Å²) in [7, 11) is 0. The van der Waals surface area contributed by atoms with Crippen LogP contribution in [-0.4, -0.2) is 5.78 Å². The second kappa shape index (κ2) is 1.88. The van der Waals surface area contributed by atoms with Crippen molar-refractivity contribution in [2.45, 2.75) is 32.1 Å². The van der Waals surface area contributed by atoms with Crippen LogP contribution in [0.25, 0.3) is 0 Å². The third-order valence-corrected chi connectivity index (χ3v) is 3.96. The van der Waals surface area contributed by atoms with Crippen molar-refractivity contribution >= 4 is 5.78 Å². The Balaban J connectivity index is 1.73. The van der Waals surface area contributed by atoms with Crippen LogP contribution in [0, 0.1) is 23.7 Å². The number of carbonyl (C=O) groups is 1. The fourth-order valence-corrected chi connectivity index (χ4v) is 3.09. The number of rotatable bonds is 1. The van der Waals surface area contributed by atoms with E-state index in [2.05, 4.69) is 0 Å². The summed E-state index contributed by atoms with van der Waals surface area (Å²) in [5.41, 5.74) is 0. The van der Waals surface area contributed by atoms with E-state index in [9.17, 15) is 4.79 Å². The monoisotopic (exact) mass is 150 g/mol. The molecule has 3 fully saturated rings. The normalized spacial score (nSPS) is 48.7. The fourth-order valence-electron chi connectivity index (χ4n) is 3.09. The Hall–Kier alpha value is -0.330. The van der Waals surface area contributed by atoms with Crippen LogP contribution in [0.2, 0.25) is 0 Å². The van der Waals surface area contributed by atoms with Gasteiger partial charge in [0, 0.05) is 12.3 Å². The Bertz CT molecular complexity index is 205. The molecule has 0 aromatic carbocycles. The minimum Gasteiger partial charge on any atom is -0.299 e. The van der Waals surface area contributed by atoms with Crippen molar-refractivity contribution in [3.05, 3.63) is 0 Å². The van der Waals surface area contributed by atoms with E-state index in [-0.39, 0.29) is 0 Å². The summed E-state index contributed by atoms with van der Waals surface area (Å²) in [6.45, 7) is 0. The Kier molecular flexibility index (Phi) is 1.06. The van der Waals surface area contributed by atoms with Crippen molar-refractivity contribution in [2.24, 2.45) is 23.7 Å². The molecule has 3 saturated carbocycles. The standard InChI is InChI=1S/C10H14O/c11-10-4-3-7-8(5-9(7)10)6-1-2-6/h6-9H,1-5H2. The van der Waals surface area contributed by atoms with E-state index in [1.165, 1.54) is 25.7 Å². The molecule has 0 spiro atoms. The molecular weight excluding hydrogens is 136 g/mol. The summed E-state index contributed by atoms with van der Waals surface area (Å²) >= 11 is 0. The molecular formula is C10H14O. The first-order valence-corrected chi connectivity index (χ1v) is 4.89. The maximum absolute atomic E-state index is 11.2. The Morgan fingerprint density at radius 1 is 1.09 bits per heavy atom. The molecule has 0 N–H and O–H groups in total. The van der Waals surface area contributed by atoms with Crippen molar-refractivity contribution in [1.82, 2.24) is 0 Å². The predicted molar refractivity (Wildman–Crippen MR) is 42.1 cm³/mol. The Morgan fingerprint density at radius 3 is 2.55 bits per heavy atom. The van der Waals surface area contributed by atoms with Gasteiger partial charge in [-0.1, -0.05) is 0 Å². The molecule has 0 aromatic heterocycles. The maximum Gasteiger partial charge on any atom is 0.136 e. The molecule has 0 bridgehead atoms. The van der Waals surface area contributed by atoms with Crippen LogP contribution in [0.15, 0.2) is 0 Å². The molecule has 0 aromatic rings. The molecule has 0 heterocycles. The molecule has 60 valence electrons. The van der Waals surface area contributed by atoms with E-state index in [0.717, 1.165) is 24.2 Å². The van der Waals surface area contributed by atoms with Crippen LogP contribution >= 0.6 is 0 Å². The van der Waals surface area contributed by atoms with E-state index in [1.807, 2.05) is 0 Å². The fraction of sp³-hybridized carbons (Fsp3) is 0.900. The molecule has 3 aliphatic carbocycles. The highest BCUT2D eigenvalue weighted by Crippen LogP contribution is 2.57. The van der Waals surface area contributed by atoms with E-state index in [1.54, 1.807) is 0 Å². The number of Topliss-reactive ketones (excluding diaryl/α,β-unsaturated/α-hetero) is 1. The Labute approximate surface area is 67.2 Å². The SMILES string of the molecule is O=C1CCC2C1CC2C1CC1. The average Bonchev–Trinajstić information content (AvgIpc) is 2.65. The summed E-state index contributed by atoms with van der Waals surface area (Å²) in [5, 5.41) is 0. The first kappa shape index (κ1) is 6.22. The van der Waals surface area contributed by atoms with Gasteiger partial charge in [0.15, 0.2) is 0 Å². The zero-order valence-electron chi connectivity index (χ0n) is 6.75. The van der Waals surface area contributed by atoms with Gasteiger partial charge < -0.3 is 0 Å². The summed E-state index contributed by atoms with van der Waals surface area (Å²) in [6, 6.07) is 0. The lowest BCUT2D eigenvalue weighted by molar-refractivity contribution is -0.125. The van der Waals surface area contributed by atoms with Gasteiger partial charge in [-0.15, -0.1) is 0 Å². The zero-order valence-corrected chi connectivity index (χ0v) is 6.75. The van der Waals surface area contributed by atoms with Crippen molar-refractivity contribution in [3.63, 3.8) is 0 Å². The maximum atomic E-state index is 11.2. The lowest BCUT2D eigenvalue weighted by Crippen LogP contribution is -2.36. The zero-order chi connectivity index (χ0) is 7.42. The first-order chi connectivity index (χ1) is 5.36. The van der Waals surface area contributed by atoms with Crippen LogP contribution in [0.3, 0.4) is 0 Å². The van der Waals surface area contributed by atoms with E-state index in [0.29, 0.717) is 11.7 Å². The first-order valence-electron chi connectivity index (χ1n) is 4.89. The minimum absolute atomic E-state index is 0.528. The molecule has 3 rings (SSSR count). The van der Waals surface area contributed by atoms with E-state index in [4.69, 9.17) is 0 Å². The van der Waals surface area contributed by atoms with Gasteiger partial charge in [-0.25, -0.2) is 0 Å². The van der Waals surface area contributed by atoms with Crippen molar-refractivity contribution in [3.8, 4) is 0 Å². The summed E-state index contributed by atoms with van der Waals surface area (Å²) in [5.74, 6) is 3.97. The Morgan fingerprint density at radius 2 is 1.91 bits per heavy atom. The average molecular weight is 150 g/mol. The van der Waals surface area contributed by atoms with Gasteiger partial charge in [0.05, 0.1) is 0 Å². The molecule has 0 amide bonds. The number of hydrogen-bond acceptors (Lipinski definition) is 1. The number of fused-ring (bicyclic) bond motifs is 1. The van der Waals surface area contributed by atoms with Gasteiger partial charge in [0.1, 0.15) is 5.78 Å². The summed E-state index contributed by atoms with van der Waals surface area (Å²) in [4.78, 5) is 11.2. The van der Waals surface area contributed by atoms with Gasteiger partial charge in [-0.05, 0) is 43.4 Å². The molecule has 3 aliphatic rings. The van der Waals surface area contributed by atoms with Gasteiger partial charge in [0.2, 0.25) is 0 Å². The predicted octanol–water partition coefficient (Wildman–Crippen LogP) is 2.01. The van der Waals surface area contributed by atoms with Crippen LogP contribution in [0.5, 0.6) is 0 Å². The van der Waals surface area contributed by atoms with Crippen molar-refractivity contribution in [2.75, 3.05) is 0 Å². The second-order valence-corrected chi connectivity index (χ2v) is 4.51. The lowest BCUT2D eigenvalue weighted by atomic mass is 9.64. The highest BCUT2D eigenvalue weighted by Gasteiger charge is 2.53. The van der Waals surface area contributed by atoms with E-state index < -0.39 is 0 Å². The third kappa shape index (κ3) is 0.743. The number of carbonyl (C=O) groups excluding carboxylic acids is 1. The summed E-state index contributed by atoms with van der Waals surface area (Å²) < 4.78 is 0. The van der Waals surface area contributed by atoms with Gasteiger partial charge in [0.25, 0.3) is 0 Å². The summed E-state index contributed by atoms with van der Waals surface area (Å²) in [6.07, 6.45) is 6.31. The van der Waals surface area contributed by atoms with E-state index >= 15 is 0 Å². The molecule has 11 heavy (non-hydrogen) atoms. The highest BCUT2D eigenvalue weighted by molar-refractivity contribution is 5.84. The number of hydrogen-bond donors (Lipinski definition) is 0. The quantitative estimate of drug-likeness (QED) is 0.559. The van der Waals surface area contributed by atoms with Crippen LogP contribution < -0.4 is 0 Å². The minimum atomic E-state index is 0.528. The molecule has 0 aliphatic heterocycles. The van der Waals surface area contributed by atoms with Gasteiger partial charge >= 0.3 is 0 Å². The smallest absolute Gasteiger partial charge is 0.136 e. The lowest BCUT2D eigenvalue weighted by Gasteiger charge is -2.39. The van der Waals surface area contributed by atoms with Crippen molar-refractivity contribution in [1.29, 1.82) is 0 Å². The van der Waals surface area contributed by atoms with Crippen LogP contribution in [0.4, 0.5) is 0 Å². The van der Waals surface area contributed by atoms with Crippen molar-refractivity contribution < 1.29 is 4.79 Å². The third-order valence-electron chi connectivity index (χ3n) is 3.96. The molecule has 3 atom stereocenters. The van der Waals surface area contributed by atoms with Crippen LogP contribution in [0.1, 0.15) is 32.1 Å². The molecule has 1 heteroatoms. The van der Waals surface area contributed by atoms with Gasteiger partial charge in [-0.2, -0.15) is 0 Å². The topological polar surface area (TPSA) is 17.1 Å².